The predicted octanol–water partition coefficient (Wildman–Crippen LogP) is 5.24. The molecular weight excluding hydrogens is 410 g/mol. The highest BCUT2D eigenvalue weighted by molar-refractivity contribution is 5.93. The summed E-state index contributed by atoms with van der Waals surface area (Å²) in [6.07, 6.45) is 0. The van der Waals surface area contributed by atoms with Gasteiger partial charge in [-0.15, -0.1) is 0 Å². The Bertz CT molecular complexity index is 1020. The minimum absolute atomic E-state index is 0.104. The first kappa shape index (κ1) is 24.2. The molecule has 3 aromatic carbocycles. The molecule has 0 aliphatic heterocycles. The second kappa shape index (κ2) is 10.4. The average Bonchev–Trinajstić information content (AvgIpc) is 2.80. The molecule has 0 bridgehead atoms. The van der Waals surface area contributed by atoms with E-state index in [4.69, 9.17) is 4.74 Å². The lowest BCUT2D eigenvalue weighted by Crippen LogP contribution is -2.16. The van der Waals surface area contributed by atoms with Crippen LogP contribution in [-0.2, 0) is 4.74 Å². The van der Waals surface area contributed by atoms with Crippen LogP contribution >= 0.6 is 0 Å². The van der Waals surface area contributed by atoms with Crippen molar-refractivity contribution >= 4 is 23.0 Å². The number of benzene rings is 3. The van der Waals surface area contributed by atoms with Crippen LogP contribution in [0.15, 0.2) is 66.7 Å². The first-order valence-corrected chi connectivity index (χ1v) is 11.3. The summed E-state index contributed by atoms with van der Waals surface area (Å²) >= 11 is 0. The van der Waals surface area contributed by atoms with E-state index in [0.717, 1.165) is 33.8 Å². The van der Waals surface area contributed by atoms with Gasteiger partial charge in [-0.1, -0.05) is 30.3 Å². The molecule has 0 heterocycles. The zero-order chi connectivity index (χ0) is 24.1. The third-order valence-electron chi connectivity index (χ3n) is 5.85. The number of hydrogen-bond acceptors (Lipinski definition) is 5. The maximum atomic E-state index is 13.0. The summed E-state index contributed by atoms with van der Waals surface area (Å²) in [5, 5.41) is 0. The number of rotatable bonds is 8. The van der Waals surface area contributed by atoms with Crippen molar-refractivity contribution in [2.75, 3.05) is 63.6 Å². The summed E-state index contributed by atoms with van der Waals surface area (Å²) in [5.41, 5.74) is 7.02. The molecule has 3 rings (SSSR count). The monoisotopic (exact) mass is 445 g/mol. The van der Waals surface area contributed by atoms with Gasteiger partial charge in [-0.25, -0.2) is 4.79 Å². The zero-order valence-electron chi connectivity index (χ0n) is 20.8. The molecule has 0 fully saturated rings. The van der Waals surface area contributed by atoms with Crippen LogP contribution in [0.3, 0.4) is 0 Å². The Morgan fingerprint density at radius 1 is 0.697 bits per heavy atom. The number of hydrogen-bond donors (Lipinski definition) is 0. The summed E-state index contributed by atoms with van der Waals surface area (Å²) < 4.78 is 5.46. The fourth-order valence-electron chi connectivity index (χ4n) is 3.94. The Balaban J connectivity index is 2.21. The van der Waals surface area contributed by atoms with Gasteiger partial charge >= 0.3 is 5.97 Å². The van der Waals surface area contributed by atoms with Crippen molar-refractivity contribution in [1.82, 2.24) is 0 Å². The second-order valence-corrected chi connectivity index (χ2v) is 8.79. The highest BCUT2D eigenvalue weighted by Crippen LogP contribution is 2.37. The van der Waals surface area contributed by atoms with Crippen LogP contribution in [-0.4, -0.2) is 54.9 Å². The molecule has 0 spiro atoms. The van der Waals surface area contributed by atoms with Gasteiger partial charge in [-0.05, 0) is 60.0 Å². The van der Waals surface area contributed by atoms with E-state index in [9.17, 15) is 4.79 Å². The second-order valence-electron chi connectivity index (χ2n) is 8.79. The van der Waals surface area contributed by atoms with Gasteiger partial charge < -0.3 is 19.4 Å². The summed E-state index contributed by atoms with van der Waals surface area (Å²) in [5.74, 6) is -0.399. The molecule has 0 atom stereocenters. The lowest BCUT2D eigenvalue weighted by atomic mass is 9.82. The quantitative estimate of drug-likeness (QED) is 0.350. The third kappa shape index (κ3) is 5.48. The van der Waals surface area contributed by atoms with E-state index < -0.39 is 0 Å². The van der Waals surface area contributed by atoms with E-state index in [1.807, 2.05) is 60.2 Å². The lowest BCUT2D eigenvalue weighted by molar-refractivity contribution is 0.0525. The molecule has 3 aromatic rings. The minimum Gasteiger partial charge on any atom is -0.462 e. The van der Waals surface area contributed by atoms with Crippen LogP contribution in [0.1, 0.15) is 39.9 Å². The number of carbonyl (C=O) groups excluding carboxylic acids is 1. The molecule has 0 amide bonds. The normalized spacial score (nSPS) is 10.8. The molecule has 0 saturated carbocycles. The van der Waals surface area contributed by atoms with Crippen molar-refractivity contribution in [2.24, 2.45) is 0 Å². The van der Waals surface area contributed by atoms with Crippen molar-refractivity contribution in [1.29, 1.82) is 0 Å². The van der Waals surface area contributed by atoms with Gasteiger partial charge in [0, 0.05) is 65.3 Å². The first-order valence-electron chi connectivity index (χ1n) is 11.3. The van der Waals surface area contributed by atoms with Crippen LogP contribution in [0, 0.1) is 0 Å². The molecule has 0 N–H and O–H groups in total. The molecule has 5 nitrogen and oxygen atoms in total. The molecule has 174 valence electrons. The van der Waals surface area contributed by atoms with Gasteiger partial charge in [-0.2, -0.15) is 0 Å². The maximum Gasteiger partial charge on any atom is 0.338 e. The Labute approximate surface area is 198 Å². The van der Waals surface area contributed by atoms with Crippen molar-refractivity contribution in [3.63, 3.8) is 0 Å². The fraction of sp³-hybridized carbons (Fsp3) is 0.321. The van der Waals surface area contributed by atoms with E-state index in [2.05, 4.69) is 70.5 Å². The Morgan fingerprint density at radius 3 is 1.52 bits per heavy atom. The van der Waals surface area contributed by atoms with Crippen molar-refractivity contribution in [3.05, 3.63) is 89.0 Å². The van der Waals surface area contributed by atoms with Crippen LogP contribution < -0.4 is 14.7 Å². The van der Waals surface area contributed by atoms with Crippen molar-refractivity contribution in [3.8, 4) is 0 Å². The van der Waals surface area contributed by atoms with Crippen LogP contribution in [0.25, 0.3) is 0 Å². The van der Waals surface area contributed by atoms with Gasteiger partial charge in [0.1, 0.15) is 0 Å². The fourth-order valence-corrected chi connectivity index (χ4v) is 3.94. The van der Waals surface area contributed by atoms with Gasteiger partial charge in [0.05, 0.1) is 12.2 Å². The summed E-state index contributed by atoms with van der Waals surface area (Å²) in [4.78, 5) is 19.2. The number of ether oxygens (including phenoxy) is 1. The maximum absolute atomic E-state index is 13.0. The smallest absolute Gasteiger partial charge is 0.338 e. The minimum atomic E-state index is -0.295. The molecule has 0 aliphatic rings. The van der Waals surface area contributed by atoms with E-state index in [1.165, 1.54) is 0 Å². The summed E-state index contributed by atoms with van der Waals surface area (Å²) in [6, 6.07) is 23.1. The van der Waals surface area contributed by atoms with E-state index in [1.54, 1.807) is 0 Å². The highest BCUT2D eigenvalue weighted by Gasteiger charge is 2.24. The number of anilines is 3. The molecule has 0 aromatic heterocycles. The first-order chi connectivity index (χ1) is 15.7. The van der Waals surface area contributed by atoms with Crippen molar-refractivity contribution in [2.45, 2.75) is 12.8 Å². The van der Waals surface area contributed by atoms with Crippen molar-refractivity contribution < 1.29 is 9.53 Å². The molecule has 33 heavy (non-hydrogen) atoms. The van der Waals surface area contributed by atoms with E-state index in [0.29, 0.717) is 12.2 Å². The Hall–Kier alpha value is -3.47. The summed E-state index contributed by atoms with van der Waals surface area (Å²) in [6.45, 7) is 2.18. The number of carbonyl (C=O) groups is 1. The van der Waals surface area contributed by atoms with Crippen LogP contribution in [0.5, 0.6) is 0 Å². The summed E-state index contributed by atoms with van der Waals surface area (Å²) in [7, 11) is 12.1. The van der Waals surface area contributed by atoms with Gasteiger partial charge in [-0.3, -0.25) is 0 Å². The molecule has 0 radical (unpaired) electrons. The van der Waals surface area contributed by atoms with Gasteiger partial charge in [0.25, 0.3) is 0 Å². The van der Waals surface area contributed by atoms with E-state index in [-0.39, 0.29) is 11.9 Å². The standard InChI is InChI=1S/C28H35N3O2/c1-8-33-28(32)26-19-24(31(6)7)17-18-25(26)27(20-9-13-22(14-10-20)29(2)3)21-11-15-23(16-12-21)30(4)5/h9-19,27H,8H2,1-7H3. The molecule has 0 unspecified atom stereocenters. The van der Waals surface area contributed by atoms with Gasteiger partial charge in [0.2, 0.25) is 0 Å². The Morgan fingerprint density at radius 2 is 1.12 bits per heavy atom. The molecule has 0 saturated heterocycles. The topological polar surface area (TPSA) is 36.0 Å². The largest absolute Gasteiger partial charge is 0.462 e. The SMILES string of the molecule is CCOC(=O)c1cc(N(C)C)ccc1C(c1ccc(N(C)C)cc1)c1ccc(N(C)C)cc1. The lowest BCUT2D eigenvalue weighted by Gasteiger charge is -2.24. The highest BCUT2D eigenvalue weighted by atomic mass is 16.5. The third-order valence-corrected chi connectivity index (χ3v) is 5.85. The predicted molar refractivity (Wildman–Crippen MR) is 139 cm³/mol. The molecule has 5 heteroatoms. The molecule has 0 aliphatic carbocycles. The number of esters is 1. The van der Waals surface area contributed by atoms with Crippen LogP contribution in [0.2, 0.25) is 0 Å². The van der Waals surface area contributed by atoms with Crippen LogP contribution in [0.4, 0.5) is 17.1 Å². The molecular formula is C28H35N3O2. The van der Waals surface area contributed by atoms with E-state index >= 15 is 0 Å². The Kier molecular flexibility index (Phi) is 7.64. The zero-order valence-corrected chi connectivity index (χ0v) is 20.8. The number of nitrogens with zero attached hydrogens (tertiary/aromatic N) is 3. The average molecular weight is 446 g/mol. The van der Waals surface area contributed by atoms with Gasteiger partial charge in [0.15, 0.2) is 0 Å².